The minimum absolute atomic E-state index is 0.0139. The smallest absolute Gasteiger partial charge is 0.240 e. The Hall–Kier alpha value is -1.82. The Bertz CT molecular complexity index is 468. The highest BCUT2D eigenvalue weighted by Crippen LogP contribution is 2.11. The van der Waals surface area contributed by atoms with E-state index in [9.17, 15) is 0 Å². The summed E-state index contributed by atoms with van der Waals surface area (Å²) < 4.78 is 5.12. The van der Waals surface area contributed by atoms with Crippen LogP contribution in [-0.4, -0.2) is 26.2 Å². The molecule has 0 amide bonds. The van der Waals surface area contributed by atoms with Crippen molar-refractivity contribution in [1.29, 1.82) is 0 Å². The molecule has 6 heteroatoms. The third-order valence-electron chi connectivity index (χ3n) is 2.50. The van der Waals surface area contributed by atoms with Crippen molar-refractivity contribution in [3.63, 3.8) is 0 Å². The quantitative estimate of drug-likeness (QED) is 0.848. The molecule has 0 aliphatic heterocycles. The second-order valence-corrected chi connectivity index (χ2v) is 4.20. The molecular formula is C11H15N5O. The molecule has 2 aromatic heterocycles. The number of nitrogens with zero attached hydrogens (tertiary/aromatic N) is 4. The van der Waals surface area contributed by atoms with Gasteiger partial charge in [-0.05, 0) is 12.0 Å². The van der Waals surface area contributed by atoms with Gasteiger partial charge in [-0.3, -0.25) is 0 Å². The van der Waals surface area contributed by atoms with Crippen LogP contribution in [0.5, 0.6) is 0 Å². The average molecular weight is 233 g/mol. The summed E-state index contributed by atoms with van der Waals surface area (Å²) in [7, 11) is 0. The largest absolute Gasteiger partial charge is 0.339 e. The zero-order chi connectivity index (χ0) is 12.3. The third kappa shape index (κ3) is 2.85. The SMILES string of the molecule is CC(C)C(N)Cc1nc(-c2ncccn2)no1. The molecule has 0 saturated heterocycles. The molecule has 0 fully saturated rings. The van der Waals surface area contributed by atoms with Crippen LogP contribution < -0.4 is 5.73 Å². The first-order valence-electron chi connectivity index (χ1n) is 5.52. The summed E-state index contributed by atoms with van der Waals surface area (Å²) >= 11 is 0. The van der Waals surface area contributed by atoms with Gasteiger partial charge in [-0.15, -0.1) is 0 Å². The molecule has 0 radical (unpaired) electrons. The van der Waals surface area contributed by atoms with Gasteiger partial charge < -0.3 is 10.3 Å². The third-order valence-corrected chi connectivity index (χ3v) is 2.50. The summed E-state index contributed by atoms with van der Waals surface area (Å²) in [6, 6.07) is 1.75. The second kappa shape index (κ2) is 5.01. The molecule has 0 aliphatic rings. The number of aromatic nitrogens is 4. The van der Waals surface area contributed by atoms with Crippen LogP contribution in [0.4, 0.5) is 0 Å². The zero-order valence-electron chi connectivity index (χ0n) is 9.87. The molecule has 17 heavy (non-hydrogen) atoms. The van der Waals surface area contributed by atoms with Gasteiger partial charge in [-0.2, -0.15) is 4.98 Å². The van der Waals surface area contributed by atoms with E-state index in [1.54, 1.807) is 18.5 Å². The van der Waals surface area contributed by atoms with Crippen molar-refractivity contribution in [2.45, 2.75) is 26.3 Å². The first-order valence-corrected chi connectivity index (χ1v) is 5.52. The Labute approximate surface area is 99.3 Å². The summed E-state index contributed by atoms with van der Waals surface area (Å²) in [5, 5.41) is 3.83. The first kappa shape index (κ1) is 11.7. The minimum Gasteiger partial charge on any atom is -0.339 e. The van der Waals surface area contributed by atoms with Crippen LogP contribution in [0.2, 0.25) is 0 Å². The van der Waals surface area contributed by atoms with Gasteiger partial charge in [0, 0.05) is 24.9 Å². The van der Waals surface area contributed by atoms with Crippen molar-refractivity contribution in [2.75, 3.05) is 0 Å². The topological polar surface area (TPSA) is 90.7 Å². The Kier molecular flexibility index (Phi) is 3.43. The van der Waals surface area contributed by atoms with Gasteiger partial charge in [0.2, 0.25) is 17.5 Å². The zero-order valence-corrected chi connectivity index (χ0v) is 9.87. The minimum atomic E-state index is 0.0139. The highest BCUT2D eigenvalue weighted by molar-refractivity contribution is 5.40. The first-order chi connectivity index (χ1) is 8.16. The van der Waals surface area contributed by atoms with Crippen molar-refractivity contribution >= 4 is 0 Å². The van der Waals surface area contributed by atoms with E-state index in [2.05, 4.69) is 34.0 Å². The second-order valence-electron chi connectivity index (χ2n) is 4.20. The van der Waals surface area contributed by atoms with E-state index in [1.807, 2.05) is 0 Å². The lowest BCUT2D eigenvalue weighted by atomic mass is 10.0. The van der Waals surface area contributed by atoms with E-state index >= 15 is 0 Å². The Morgan fingerprint density at radius 1 is 1.24 bits per heavy atom. The summed E-state index contributed by atoms with van der Waals surface area (Å²) in [4.78, 5) is 12.3. The highest BCUT2D eigenvalue weighted by atomic mass is 16.5. The molecule has 2 aromatic rings. The van der Waals surface area contributed by atoms with Crippen LogP contribution in [0.3, 0.4) is 0 Å². The van der Waals surface area contributed by atoms with Crippen LogP contribution in [0, 0.1) is 5.92 Å². The van der Waals surface area contributed by atoms with E-state index in [1.165, 1.54) is 0 Å². The number of rotatable bonds is 4. The highest BCUT2D eigenvalue weighted by Gasteiger charge is 2.15. The van der Waals surface area contributed by atoms with Crippen LogP contribution in [0.1, 0.15) is 19.7 Å². The molecule has 0 saturated carbocycles. The lowest BCUT2D eigenvalue weighted by molar-refractivity contribution is 0.353. The van der Waals surface area contributed by atoms with Gasteiger partial charge in [-0.1, -0.05) is 19.0 Å². The fraction of sp³-hybridized carbons (Fsp3) is 0.455. The predicted octanol–water partition coefficient (Wildman–Crippen LogP) is 1.05. The molecule has 0 aliphatic carbocycles. The summed E-state index contributed by atoms with van der Waals surface area (Å²) in [6.45, 7) is 4.12. The van der Waals surface area contributed by atoms with Gasteiger partial charge in [0.1, 0.15) is 0 Å². The fourth-order valence-corrected chi connectivity index (χ4v) is 1.28. The molecule has 2 N–H and O–H groups in total. The standard InChI is InChI=1S/C11H15N5O/c1-7(2)8(12)6-9-15-11(16-17-9)10-13-4-3-5-14-10/h3-5,7-8H,6,12H2,1-2H3. The van der Waals surface area contributed by atoms with Crippen molar-refractivity contribution in [2.24, 2.45) is 11.7 Å². The number of hydrogen-bond donors (Lipinski definition) is 1. The van der Waals surface area contributed by atoms with E-state index in [0.29, 0.717) is 29.9 Å². The van der Waals surface area contributed by atoms with Crippen molar-refractivity contribution in [3.05, 3.63) is 24.4 Å². The van der Waals surface area contributed by atoms with Crippen LogP contribution in [-0.2, 0) is 6.42 Å². The van der Waals surface area contributed by atoms with Crippen molar-refractivity contribution in [1.82, 2.24) is 20.1 Å². The van der Waals surface area contributed by atoms with E-state index in [4.69, 9.17) is 10.3 Å². The average Bonchev–Trinajstić information content (AvgIpc) is 2.78. The molecule has 0 bridgehead atoms. The number of hydrogen-bond acceptors (Lipinski definition) is 6. The maximum absolute atomic E-state index is 5.94. The maximum Gasteiger partial charge on any atom is 0.240 e. The fourth-order valence-electron chi connectivity index (χ4n) is 1.28. The molecule has 1 atom stereocenters. The van der Waals surface area contributed by atoms with E-state index in [-0.39, 0.29) is 6.04 Å². The molecule has 90 valence electrons. The molecule has 0 spiro atoms. The van der Waals surface area contributed by atoms with Gasteiger partial charge in [0.05, 0.1) is 0 Å². The van der Waals surface area contributed by atoms with Gasteiger partial charge in [-0.25, -0.2) is 9.97 Å². The molecule has 6 nitrogen and oxygen atoms in total. The Morgan fingerprint density at radius 3 is 2.59 bits per heavy atom. The molecule has 2 rings (SSSR count). The van der Waals surface area contributed by atoms with Crippen LogP contribution in [0.15, 0.2) is 23.0 Å². The lowest BCUT2D eigenvalue weighted by Crippen LogP contribution is -2.28. The summed E-state index contributed by atoms with van der Waals surface area (Å²) in [6.07, 6.45) is 3.84. The normalized spacial score (nSPS) is 12.9. The van der Waals surface area contributed by atoms with E-state index < -0.39 is 0 Å². The van der Waals surface area contributed by atoms with Crippen LogP contribution in [0.25, 0.3) is 11.6 Å². The Morgan fingerprint density at radius 2 is 1.94 bits per heavy atom. The maximum atomic E-state index is 5.94. The Balaban J connectivity index is 2.12. The predicted molar refractivity (Wildman–Crippen MR) is 61.8 cm³/mol. The molecule has 1 unspecified atom stereocenters. The molecule has 2 heterocycles. The van der Waals surface area contributed by atoms with Gasteiger partial charge in [0.15, 0.2) is 0 Å². The van der Waals surface area contributed by atoms with Gasteiger partial charge >= 0.3 is 0 Å². The van der Waals surface area contributed by atoms with E-state index in [0.717, 1.165) is 0 Å². The summed E-state index contributed by atoms with van der Waals surface area (Å²) in [5.41, 5.74) is 5.94. The van der Waals surface area contributed by atoms with Gasteiger partial charge in [0.25, 0.3) is 0 Å². The number of nitrogens with two attached hydrogens (primary N) is 1. The van der Waals surface area contributed by atoms with Crippen molar-refractivity contribution in [3.8, 4) is 11.6 Å². The lowest BCUT2D eigenvalue weighted by Gasteiger charge is -2.11. The molecular weight excluding hydrogens is 218 g/mol. The monoisotopic (exact) mass is 233 g/mol. The van der Waals surface area contributed by atoms with Crippen LogP contribution >= 0.6 is 0 Å². The summed E-state index contributed by atoms with van der Waals surface area (Å²) in [5.74, 6) is 1.75. The van der Waals surface area contributed by atoms with Crippen molar-refractivity contribution < 1.29 is 4.52 Å². The molecule has 0 aromatic carbocycles.